The van der Waals surface area contributed by atoms with E-state index in [1.54, 1.807) is 4.90 Å². The van der Waals surface area contributed by atoms with E-state index in [1.165, 1.54) is 44.9 Å². The SMILES string of the molecule is CCCCCCCCCCCC(=O)O.O=S(=O)([O-])[O-].OCCN(CCO)CCO.[Mg+2]. The Bertz CT molecular complexity index is 417. The zero-order valence-electron chi connectivity index (χ0n) is 18.2. The van der Waals surface area contributed by atoms with Gasteiger partial charge in [-0.1, -0.05) is 58.3 Å². The summed E-state index contributed by atoms with van der Waals surface area (Å²) in [5, 5.41) is 33.9. The van der Waals surface area contributed by atoms with E-state index >= 15 is 0 Å². The molecule has 178 valence electrons. The van der Waals surface area contributed by atoms with Gasteiger partial charge < -0.3 is 29.5 Å². The molecule has 0 amide bonds. The molecule has 0 saturated carbocycles. The molecule has 0 rings (SSSR count). The number of rotatable bonds is 16. The van der Waals surface area contributed by atoms with Gasteiger partial charge in [-0.25, -0.2) is 0 Å². The van der Waals surface area contributed by atoms with Gasteiger partial charge in [-0.2, -0.15) is 0 Å². The van der Waals surface area contributed by atoms with Crippen LogP contribution in [0.5, 0.6) is 0 Å². The third-order valence-corrected chi connectivity index (χ3v) is 3.74. The Labute approximate surface area is 197 Å². The maximum absolute atomic E-state index is 10.2. The van der Waals surface area contributed by atoms with Gasteiger partial charge in [-0.15, -0.1) is 0 Å². The predicted molar refractivity (Wildman–Crippen MR) is 113 cm³/mol. The summed E-state index contributed by atoms with van der Waals surface area (Å²) < 4.78 is 34.1. The van der Waals surface area contributed by atoms with Crippen molar-refractivity contribution in [3.63, 3.8) is 0 Å². The smallest absolute Gasteiger partial charge is 0.759 e. The molecule has 0 aromatic heterocycles. The fourth-order valence-electron chi connectivity index (χ4n) is 2.35. The van der Waals surface area contributed by atoms with Crippen molar-refractivity contribution < 1.29 is 42.7 Å². The normalized spacial score (nSPS) is 10.4. The second kappa shape index (κ2) is 28.9. The van der Waals surface area contributed by atoms with Crippen LogP contribution in [0.2, 0.25) is 0 Å². The standard InChI is InChI=1S/C12H24O2.C6H15NO3.Mg.H2O4S/c1-2-3-4-5-6-7-8-9-10-11-12(13)14;8-4-1-7(2-5-9)3-6-10;;1-5(2,3)4/h2-11H2,1H3,(H,13,14);8-10H,1-6H2;;(H2,1,2,3,4)/q;;+2;/p-2. The van der Waals surface area contributed by atoms with Crippen molar-refractivity contribution >= 4 is 39.4 Å². The van der Waals surface area contributed by atoms with Crippen molar-refractivity contribution in [1.82, 2.24) is 4.90 Å². The molecule has 4 N–H and O–H groups in total. The summed E-state index contributed by atoms with van der Waals surface area (Å²) in [5.74, 6) is -0.659. The monoisotopic (exact) mass is 469 g/mol. The number of hydrogen-bond donors (Lipinski definition) is 4. The second-order valence-electron chi connectivity index (χ2n) is 6.39. The molecule has 30 heavy (non-hydrogen) atoms. The summed E-state index contributed by atoms with van der Waals surface area (Å²) in [4.78, 5) is 12.0. The average molecular weight is 470 g/mol. The molecule has 10 nitrogen and oxygen atoms in total. The van der Waals surface area contributed by atoms with E-state index in [-0.39, 0.29) is 42.9 Å². The molecular formula is C18H39MgNO9S. The molecule has 0 aliphatic rings. The van der Waals surface area contributed by atoms with Crippen LogP contribution in [-0.2, 0) is 15.2 Å². The maximum atomic E-state index is 10.2. The molecule has 0 saturated heterocycles. The zero-order valence-corrected chi connectivity index (χ0v) is 20.4. The van der Waals surface area contributed by atoms with E-state index in [9.17, 15) is 4.79 Å². The Morgan fingerprint density at radius 2 is 1.07 bits per heavy atom. The number of aliphatic hydroxyl groups excluding tert-OH is 3. The number of aliphatic hydroxyl groups is 3. The minimum absolute atomic E-state index is 0. The Morgan fingerprint density at radius 3 is 1.33 bits per heavy atom. The summed E-state index contributed by atoms with van der Waals surface area (Å²) in [6, 6.07) is 0. The average Bonchev–Trinajstić information content (AvgIpc) is 2.60. The quantitative estimate of drug-likeness (QED) is 0.108. The molecule has 0 unspecified atom stereocenters. The number of unbranched alkanes of at least 4 members (excludes halogenated alkanes) is 8. The van der Waals surface area contributed by atoms with Gasteiger partial charge >= 0.3 is 29.0 Å². The maximum Gasteiger partial charge on any atom is 2.00 e. The van der Waals surface area contributed by atoms with Crippen LogP contribution in [-0.4, -0.2) is 111 Å². The van der Waals surface area contributed by atoms with Gasteiger partial charge in [0.15, 0.2) is 0 Å². The van der Waals surface area contributed by atoms with Gasteiger partial charge in [0, 0.05) is 36.5 Å². The first kappa shape index (κ1) is 37.3. The molecule has 0 bridgehead atoms. The van der Waals surface area contributed by atoms with Crippen LogP contribution in [0.15, 0.2) is 0 Å². The molecular weight excluding hydrogens is 431 g/mol. The summed E-state index contributed by atoms with van der Waals surface area (Å²) in [6.45, 7) is 3.98. The van der Waals surface area contributed by atoms with Crippen LogP contribution in [0.25, 0.3) is 0 Å². The third kappa shape index (κ3) is 51.0. The molecule has 0 aromatic carbocycles. The van der Waals surface area contributed by atoms with Gasteiger partial charge in [-0.3, -0.25) is 18.1 Å². The van der Waals surface area contributed by atoms with Crippen molar-refractivity contribution in [1.29, 1.82) is 0 Å². The van der Waals surface area contributed by atoms with Crippen molar-refractivity contribution in [2.24, 2.45) is 0 Å². The number of hydrogen-bond acceptors (Lipinski definition) is 9. The summed E-state index contributed by atoms with van der Waals surface area (Å²) in [5.41, 5.74) is 0. The first-order chi connectivity index (χ1) is 13.6. The molecule has 0 atom stereocenters. The summed E-state index contributed by atoms with van der Waals surface area (Å²) in [6.07, 6.45) is 11.5. The Kier molecular flexibility index (Phi) is 36.0. The van der Waals surface area contributed by atoms with Gasteiger partial charge in [0.05, 0.1) is 19.8 Å². The Morgan fingerprint density at radius 1 is 0.767 bits per heavy atom. The molecule has 0 aliphatic carbocycles. The Balaban J connectivity index is -0.000000185. The van der Waals surface area contributed by atoms with Gasteiger partial charge in [0.1, 0.15) is 0 Å². The van der Waals surface area contributed by atoms with Crippen molar-refractivity contribution in [3.8, 4) is 0 Å². The number of carboxylic acids is 1. The van der Waals surface area contributed by atoms with Crippen LogP contribution < -0.4 is 0 Å². The molecule has 0 heterocycles. The third-order valence-electron chi connectivity index (χ3n) is 3.74. The first-order valence-electron chi connectivity index (χ1n) is 10.1. The van der Waals surface area contributed by atoms with Crippen LogP contribution in [0, 0.1) is 0 Å². The number of aliphatic carboxylic acids is 1. The van der Waals surface area contributed by atoms with Crippen LogP contribution in [0.3, 0.4) is 0 Å². The molecule has 0 fully saturated rings. The number of carboxylic acid groups (broad SMARTS) is 1. The molecule has 0 aromatic rings. The number of nitrogens with zero attached hydrogens (tertiary/aromatic N) is 1. The van der Waals surface area contributed by atoms with Gasteiger partial charge in [0.25, 0.3) is 0 Å². The van der Waals surface area contributed by atoms with E-state index in [0.717, 1.165) is 12.8 Å². The minimum Gasteiger partial charge on any atom is -0.759 e. The van der Waals surface area contributed by atoms with E-state index < -0.39 is 16.4 Å². The molecule has 12 heteroatoms. The second-order valence-corrected chi connectivity index (χ2v) is 7.21. The first-order valence-corrected chi connectivity index (χ1v) is 11.4. The van der Waals surface area contributed by atoms with Crippen molar-refractivity contribution in [2.75, 3.05) is 39.5 Å². The fraction of sp³-hybridized carbons (Fsp3) is 0.944. The summed E-state index contributed by atoms with van der Waals surface area (Å²) in [7, 11) is -5.17. The van der Waals surface area contributed by atoms with E-state index in [2.05, 4.69) is 6.92 Å². The zero-order chi connectivity index (χ0) is 23.0. The van der Waals surface area contributed by atoms with E-state index in [1.807, 2.05) is 0 Å². The van der Waals surface area contributed by atoms with Gasteiger partial charge in [-0.05, 0) is 6.42 Å². The molecule has 0 radical (unpaired) electrons. The topological polar surface area (TPSA) is 181 Å². The number of carbonyl (C=O) groups is 1. The van der Waals surface area contributed by atoms with Gasteiger partial charge in [0.2, 0.25) is 0 Å². The Hall–Kier alpha value is -0.0538. The minimum atomic E-state index is -5.17. The van der Waals surface area contributed by atoms with Crippen LogP contribution in [0.4, 0.5) is 0 Å². The van der Waals surface area contributed by atoms with Crippen LogP contribution in [0.1, 0.15) is 71.1 Å². The van der Waals surface area contributed by atoms with Crippen molar-refractivity contribution in [2.45, 2.75) is 71.1 Å². The fourth-order valence-corrected chi connectivity index (χ4v) is 2.35. The van der Waals surface area contributed by atoms with Crippen molar-refractivity contribution in [3.05, 3.63) is 0 Å². The van der Waals surface area contributed by atoms with E-state index in [4.69, 9.17) is 37.9 Å². The van der Waals surface area contributed by atoms with Crippen LogP contribution >= 0.6 is 0 Å². The molecule has 0 spiro atoms. The predicted octanol–water partition coefficient (Wildman–Crippen LogP) is 0.538. The summed E-state index contributed by atoms with van der Waals surface area (Å²) >= 11 is 0. The van der Waals surface area contributed by atoms with E-state index in [0.29, 0.717) is 26.1 Å². The molecule has 0 aliphatic heterocycles. The largest absolute Gasteiger partial charge is 2.00 e.